The second kappa shape index (κ2) is 6.21. The minimum absolute atomic E-state index is 0.134. The lowest BCUT2D eigenvalue weighted by molar-refractivity contribution is 0.466. The van der Waals surface area contributed by atoms with Gasteiger partial charge in [0.25, 0.3) is 0 Å². The van der Waals surface area contributed by atoms with Gasteiger partial charge >= 0.3 is 0 Å². The van der Waals surface area contributed by atoms with Crippen molar-refractivity contribution in [1.29, 1.82) is 0 Å². The van der Waals surface area contributed by atoms with E-state index in [4.69, 9.17) is 12.2 Å². The van der Waals surface area contributed by atoms with Crippen molar-refractivity contribution in [3.63, 3.8) is 0 Å². The topological polar surface area (TPSA) is 38.0 Å². The van der Waals surface area contributed by atoms with E-state index >= 15 is 0 Å². The fourth-order valence-electron chi connectivity index (χ4n) is 1.02. The van der Waals surface area contributed by atoms with Gasteiger partial charge in [-0.3, -0.25) is 5.32 Å². The zero-order valence-corrected chi connectivity index (χ0v) is 7.43. The minimum atomic E-state index is 0.134. The first-order valence-electron chi connectivity index (χ1n) is 4.16. The van der Waals surface area contributed by atoms with E-state index in [2.05, 4.69) is 18.2 Å². The van der Waals surface area contributed by atoms with E-state index in [-0.39, 0.29) is 6.04 Å². The molecule has 0 saturated carbocycles. The highest BCUT2D eigenvalue weighted by Crippen LogP contribution is 1.95. The molecule has 0 saturated heterocycles. The summed E-state index contributed by atoms with van der Waals surface area (Å²) in [6, 6.07) is 0.515. The highest BCUT2D eigenvalue weighted by Gasteiger charge is 2.06. The third kappa shape index (κ3) is 4.83. The number of nitrogens with one attached hydrogen (secondary N) is 1. The summed E-state index contributed by atoms with van der Waals surface area (Å²) in [5.74, 6) is 2.62. The molecule has 0 fully saturated rings. The molecule has 2 unspecified atom stereocenters. The van der Waals surface area contributed by atoms with Crippen molar-refractivity contribution in [2.75, 3.05) is 6.54 Å². The molecular formula is C9H18N2. The Hall–Kier alpha value is -0.520. The maximum Gasteiger partial charge on any atom is 0.0660 e. The smallest absolute Gasteiger partial charge is 0.0660 e. The van der Waals surface area contributed by atoms with Gasteiger partial charge < -0.3 is 5.73 Å². The van der Waals surface area contributed by atoms with E-state index in [1.165, 1.54) is 0 Å². The van der Waals surface area contributed by atoms with Crippen LogP contribution in [0.5, 0.6) is 0 Å². The van der Waals surface area contributed by atoms with E-state index in [0.29, 0.717) is 12.6 Å². The SMILES string of the molecule is C#CC(C)NC(CN)CCC. The van der Waals surface area contributed by atoms with Gasteiger partial charge in [0, 0.05) is 12.6 Å². The molecule has 0 radical (unpaired) electrons. The van der Waals surface area contributed by atoms with Gasteiger partial charge in [0.05, 0.1) is 6.04 Å². The Bertz CT molecular complexity index is 126. The quantitative estimate of drug-likeness (QED) is 0.573. The molecule has 0 bridgehead atoms. The molecule has 2 heteroatoms. The lowest BCUT2D eigenvalue weighted by atomic mass is 10.1. The van der Waals surface area contributed by atoms with Gasteiger partial charge in [0.15, 0.2) is 0 Å². The highest BCUT2D eigenvalue weighted by molar-refractivity contribution is 4.97. The number of terminal acetylenes is 1. The maximum absolute atomic E-state index is 5.53. The summed E-state index contributed by atoms with van der Waals surface area (Å²) in [5, 5.41) is 3.26. The lowest BCUT2D eigenvalue weighted by Gasteiger charge is -2.17. The van der Waals surface area contributed by atoms with Crippen LogP contribution in [0.3, 0.4) is 0 Å². The van der Waals surface area contributed by atoms with Crippen LogP contribution in [0.1, 0.15) is 26.7 Å². The van der Waals surface area contributed by atoms with Crippen molar-refractivity contribution in [1.82, 2.24) is 5.32 Å². The van der Waals surface area contributed by atoms with Crippen LogP contribution < -0.4 is 11.1 Å². The second-order valence-electron chi connectivity index (χ2n) is 2.78. The zero-order chi connectivity index (χ0) is 8.69. The fourth-order valence-corrected chi connectivity index (χ4v) is 1.02. The van der Waals surface area contributed by atoms with Gasteiger partial charge in [-0.25, -0.2) is 0 Å². The van der Waals surface area contributed by atoms with Crippen LogP contribution in [0.2, 0.25) is 0 Å². The molecule has 0 aliphatic heterocycles. The average Bonchev–Trinajstić information content (AvgIpc) is 2.03. The highest BCUT2D eigenvalue weighted by atomic mass is 15.0. The Morgan fingerprint density at radius 2 is 2.27 bits per heavy atom. The van der Waals surface area contributed by atoms with E-state index in [9.17, 15) is 0 Å². The summed E-state index contributed by atoms with van der Waals surface area (Å²) in [6.07, 6.45) is 7.46. The molecule has 3 N–H and O–H groups in total. The molecule has 2 nitrogen and oxygen atoms in total. The van der Waals surface area contributed by atoms with Crippen LogP contribution >= 0.6 is 0 Å². The lowest BCUT2D eigenvalue weighted by Crippen LogP contribution is -2.40. The van der Waals surface area contributed by atoms with Gasteiger partial charge in [-0.15, -0.1) is 6.42 Å². The minimum Gasteiger partial charge on any atom is -0.329 e. The van der Waals surface area contributed by atoms with E-state index in [0.717, 1.165) is 12.8 Å². The van der Waals surface area contributed by atoms with Gasteiger partial charge in [0.2, 0.25) is 0 Å². The summed E-state index contributed by atoms with van der Waals surface area (Å²) in [5.41, 5.74) is 5.53. The van der Waals surface area contributed by atoms with Crippen molar-refractivity contribution < 1.29 is 0 Å². The van der Waals surface area contributed by atoms with Crippen molar-refractivity contribution in [2.24, 2.45) is 5.73 Å². The molecule has 0 rings (SSSR count). The molecular weight excluding hydrogens is 136 g/mol. The predicted octanol–water partition coefficient (Wildman–Crippen LogP) is 0.725. The van der Waals surface area contributed by atoms with Crippen molar-refractivity contribution >= 4 is 0 Å². The molecule has 0 aliphatic rings. The van der Waals surface area contributed by atoms with Crippen LogP contribution in [0.15, 0.2) is 0 Å². The maximum atomic E-state index is 5.53. The predicted molar refractivity (Wildman–Crippen MR) is 49.2 cm³/mol. The summed E-state index contributed by atoms with van der Waals surface area (Å²) in [7, 11) is 0. The molecule has 0 aromatic heterocycles. The molecule has 11 heavy (non-hydrogen) atoms. The Labute approximate surface area is 69.5 Å². The summed E-state index contributed by atoms with van der Waals surface area (Å²) < 4.78 is 0. The van der Waals surface area contributed by atoms with Crippen LogP contribution in [-0.2, 0) is 0 Å². The normalized spacial score (nSPS) is 15.5. The molecule has 2 atom stereocenters. The molecule has 64 valence electrons. The average molecular weight is 154 g/mol. The van der Waals surface area contributed by atoms with Gasteiger partial charge in [0.1, 0.15) is 0 Å². The number of hydrogen-bond donors (Lipinski definition) is 2. The number of hydrogen-bond acceptors (Lipinski definition) is 2. The van der Waals surface area contributed by atoms with Crippen molar-refractivity contribution in [3.05, 3.63) is 0 Å². The first-order chi connectivity index (χ1) is 5.24. The second-order valence-corrected chi connectivity index (χ2v) is 2.78. The Balaban J connectivity index is 3.60. The Kier molecular flexibility index (Phi) is 5.91. The molecule has 0 aliphatic carbocycles. The Morgan fingerprint density at radius 3 is 2.64 bits per heavy atom. The molecule has 0 heterocycles. The third-order valence-corrected chi connectivity index (χ3v) is 1.66. The molecule has 0 aromatic carbocycles. The summed E-state index contributed by atoms with van der Waals surface area (Å²) >= 11 is 0. The summed E-state index contributed by atoms with van der Waals surface area (Å²) in [6.45, 7) is 4.78. The van der Waals surface area contributed by atoms with Crippen molar-refractivity contribution in [3.8, 4) is 12.3 Å². The fraction of sp³-hybridized carbons (Fsp3) is 0.778. The molecule has 0 aromatic rings. The monoisotopic (exact) mass is 154 g/mol. The van der Waals surface area contributed by atoms with Crippen LogP contribution in [0.4, 0.5) is 0 Å². The van der Waals surface area contributed by atoms with E-state index < -0.39 is 0 Å². The Morgan fingerprint density at radius 1 is 1.64 bits per heavy atom. The first-order valence-corrected chi connectivity index (χ1v) is 4.16. The first kappa shape index (κ1) is 10.5. The van der Waals surface area contributed by atoms with Gasteiger partial charge in [-0.1, -0.05) is 19.3 Å². The van der Waals surface area contributed by atoms with Gasteiger partial charge in [-0.2, -0.15) is 0 Å². The number of nitrogens with two attached hydrogens (primary N) is 1. The van der Waals surface area contributed by atoms with E-state index in [1.54, 1.807) is 0 Å². The van der Waals surface area contributed by atoms with Crippen LogP contribution in [-0.4, -0.2) is 18.6 Å². The molecule has 0 spiro atoms. The zero-order valence-electron chi connectivity index (χ0n) is 7.43. The van der Waals surface area contributed by atoms with Crippen LogP contribution in [0, 0.1) is 12.3 Å². The van der Waals surface area contributed by atoms with Crippen LogP contribution in [0.25, 0.3) is 0 Å². The largest absolute Gasteiger partial charge is 0.329 e. The van der Waals surface area contributed by atoms with Crippen molar-refractivity contribution in [2.45, 2.75) is 38.8 Å². The summed E-state index contributed by atoms with van der Waals surface area (Å²) in [4.78, 5) is 0. The third-order valence-electron chi connectivity index (χ3n) is 1.66. The van der Waals surface area contributed by atoms with Gasteiger partial charge in [-0.05, 0) is 13.3 Å². The van der Waals surface area contributed by atoms with E-state index in [1.807, 2.05) is 6.92 Å². The number of rotatable bonds is 5. The standard InChI is InChI=1S/C9H18N2/c1-4-6-9(7-10)11-8(3)5-2/h2,8-9,11H,4,6-7,10H2,1,3H3. The molecule has 0 amide bonds.